The van der Waals surface area contributed by atoms with E-state index in [1.165, 1.54) is 0 Å². The summed E-state index contributed by atoms with van der Waals surface area (Å²) in [7, 11) is 0. The summed E-state index contributed by atoms with van der Waals surface area (Å²) >= 11 is 0. The topological polar surface area (TPSA) is 49.4 Å². The average molecular weight is 252 g/mol. The van der Waals surface area contributed by atoms with Gasteiger partial charge in [-0.15, -0.1) is 0 Å². The van der Waals surface area contributed by atoms with E-state index < -0.39 is 0 Å². The fourth-order valence-corrected chi connectivity index (χ4v) is 3.14. The van der Waals surface area contributed by atoms with Gasteiger partial charge >= 0.3 is 0 Å². The molecule has 102 valence electrons. The first-order valence-corrected chi connectivity index (χ1v) is 7.18. The molecule has 1 unspecified atom stereocenters. The molecule has 4 heteroatoms. The number of amides is 2. The van der Waals surface area contributed by atoms with Gasteiger partial charge < -0.3 is 10.2 Å². The Morgan fingerprint density at radius 1 is 1.17 bits per heavy atom. The van der Waals surface area contributed by atoms with E-state index in [0.29, 0.717) is 5.92 Å². The molecule has 1 saturated carbocycles. The average Bonchev–Trinajstić information content (AvgIpc) is 3.20. The fraction of sp³-hybridized carbons (Fsp3) is 0.857. The Morgan fingerprint density at radius 2 is 1.72 bits per heavy atom. The second-order valence-electron chi connectivity index (χ2n) is 5.59. The Bertz CT molecular complexity index is 337. The van der Waals surface area contributed by atoms with Gasteiger partial charge in [0.2, 0.25) is 11.8 Å². The fourth-order valence-electron chi connectivity index (χ4n) is 3.14. The lowest BCUT2D eigenvalue weighted by molar-refractivity contribution is -0.152. The third kappa shape index (κ3) is 2.13. The van der Waals surface area contributed by atoms with Crippen LogP contribution in [-0.2, 0) is 9.59 Å². The van der Waals surface area contributed by atoms with Crippen LogP contribution in [-0.4, -0.2) is 34.8 Å². The molecule has 1 atom stereocenters. The number of hydrogen-bond acceptors (Lipinski definition) is 2. The van der Waals surface area contributed by atoms with Crippen LogP contribution in [0.3, 0.4) is 0 Å². The van der Waals surface area contributed by atoms with Crippen LogP contribution >= 0.6 is 0 Å². The summed E-state index contributed by atoms with van der Waals surface area (Å²) in [5.41, 5.74) is -0.137. The van der Waals surface area contributed by atoms with E-state index in [4.69, 9.17) is 0 Å². The Morgan fingerprint density at radius 3 is 2.17 bits per heavy atom. The number of carbonyl (C=O) groups is 2. The predicted molar refractivity (Wildman–Crippen MR) is 70.0 cm³/mol. The molecule has 0 spiro atoms. The van der Waals surface area contributed by atoms with Crippen LogP contribution in [0.1, 0.15) is 52.9 Å². The largest absolute Gasteiger partial charge is 0.342 e. The summed E-state index contributed by atoms with van der Waals surface area (Å²) in [5, 5.41) is 2.87. The second-order valence-corrected chi connectivity index (χ2v) is 5.59. The molecule has 2 rings (SSSR count). The Labute approximate surface area is 109 Å². The van der Waals surface area contributed by atoms with E-state index in [1.807, 2.05) is 4.90 Å². The zero-order chi connectivity index (χ0) is 13.3. The molecule has 1 heterocycles. The number of nitrogens with zero attached hydrogens (tertiary/aromatic N) is 1. The van der Waals surface area contributed by atoms with Gasteiger partial charge in [0.05, 0.1) is 0 Å². The van der Waals surface area contributed by atoms with E-state index in [9.17, 15) is 9.59 Å². The second kappa shape index (κ2) is 4.90. The maximum absolute atomic E-state index is 12.6. The minimum absolute atomic E-state index is 0.00576. The molecule has 0 aromatic rings. The number of hydrogen-bond donors (Lipinski definition) is 1. The van der Waals surface area contributed by atoms with Crippen molar-refractivity contribution in [2.75, 3.05) is 6.54 Å². The number of nitrogens with one attached hydrogen (secondary N) is 1. The molecule has 2 amide bonds. The van der Waals surface area contributed by atoms with Crippen molar-refractivity contribution in [3.8, 4) is 0 Å². The Kier molecular flexibility index (Phi) is 3.64. The summed E-state index contributed by atoms with van der Waals surface area (Å²) in [6, 6.07) is -0.254. The highest BCUT2D eigenvalue weighted by Gasteiger charge is 2.47. The summed E-state index contributed by atoms with van der Waals surface area (Å²) in [6.07, 6.45) is 4.88. The zero-order valence-corrected chi connectivity index (χ0v) is 11.7. The van der Waals surface area contributed by atoms with Gasteiger partial charge in [-0.1, -0.05) is 20.8 Å². The van der Waals surface area contributed by atoms with Gasteiger partial charge in [-0.25, -0.2) is 0 Å². The molecule has 2 aliphatic rings. The van der Waals surface area contributed by atoms with Gasteiger partial charge in [0.1, 0.15) is 12.6 Å². The molecule has 1 N–H and O–H groups in total. The molecule has 1 aliphatic heterocycles. The molecule has 0 radical (unpaired) electrons. The van der Waals surface area contributed by atoms with Crippen LogP contribution in [0.5, 0.6) is 0 Å². The highest BCUT2D eigenvalue weighted by molar-refractivity contribution is 5.95. The van der Waals surface area contributed by atoms with Crippen molar-refractivity contribution >= 4 is 11.8 Å². The smallest absolute Gasteiger partial charge is 0.246 e. The highest BCUT2D eigenvalue weighted by Crippen LogP contribution is 2.37. The number of piperazine rings is 1. The van der Waals surface area contributed by atoms with Gasteiger partial charge in [0, 0.05) is 5.54 Å². The third-order valence-corrected chi connectivity index (χ3v) is 4.79. The molecule has 18 heavy (non-hydrogen) atoms. The molecule has 4 nitrogen and oxygen atoms in total. The van der Waals surface area contributed by atoms with E-state index in [1.54, 1.807) is 0 Å². The first-order chi connectivity index (χ1) is 8.57. The summed E-state index contributed by atoms with van der Waals surface area (Å²) in [4.78, 5) is 26.3. The van der Waals surface area contributed by atoms with Crippen molar-refractivity contribution in [1.29, 1.82) is 0 Å². The molecular weight excluding hydrogens is 228 g/mol. The number of rotatable bonds is 5. The third-order valence-electron chi connectivity index (χ3n) is 4.79. The van der Waals surface area contributed by atoms with Gasteiger partial charge in [0.15, 0.2) is 0 Å². The van der Waals surface area contributed by atoms with Gasteiger partial charge in [0.25, 0.3) is 0 Å². The molecular formula is C14H24N2O2. The molecule has 0 aromatic carbocycles. The Hall–Kier alpha value is -1.06. The quantitative estimate of drug-likeness (QED) is 0.809. The lowest BCUT2D eigenvalue weighted by Crippen LogP contribution is -2.65. The van der Waals surface area contributed by atoms with Crippen LogP contribution < -0.4 is 5.32 Å². The maximum atomic E-state index is 12.6. The minimum Gasteiger partial charge on any atom is -0.342 e. The van der Waals surface area contributed by atoms with Crippen molar-refractivity contribution in [1.82, 2.24) is 10.2 Å². The van der Waals surface area contributed by atoms with Crippen molar-refractivity contribution in [2.45, 2.75) is 64.5 Å². The van der Waals surface area contributed by atoms with Gasteiger partial charge in [-0.3, -0.25) is 9.59 Å². The maximum Gasteiger partial charge on any atom is 0.246 e. The van der Waals surface area contributed by atoms with E-state index in [-0.39, 0.29) is 29.9 Å². The van der Waals surface area contributed by atoms with Gasteiger partial charge in [-0.2, -0.15) is 0 Å². The first kappa shape index (κ1) is 13.4. The van der Waals surface area contributed by atoms with Crippen LogP contribution in [0, 0.1) is 5.92 Å². The van der Waals surface area contributed by atoms with Crippen molar-refractivity contribution in [2.24, 2.45) is 5.92 Å². The van der Waals surface area contributed by atoms with Gasteiger partial charge in [-0.05, 0) is 38.0 Å². The van der Waals surface area contributed by atoms with Crippen molar-refractivity contribution in [3.63, 3.8) is 0 Å². The summed E-state index contributed by atoms with van der Waals surface area (Å²) < 4.78 is 0. The molecule has 1 aliphatic carbocycles. The van der Waals surface area contributed by atoms with Crippen LogP contribution in [0.15, 0.2) is 0 Å². The normalized spacial score (nSPS) is 25.3. The van der Waals surface area contributed by atoms with Crippen molar-refractivity contribution < 1.29 is 9.59 Å². The first-order valence-electron chi connectivity index (χ1n) is 7.18. The monoisotopic (exact) mass is 252 g/mol. The summed E-state index contributed by atoms with van der Waals surface area (Å²) in [6.45, 7) is 6.56. The lowest BCUT2D eigenvalue weighted by Gasteiger charge is -2.46. The minimum atomic E-state index is -0.254. The SMILES string of the molecule is CCC(CC)(CC)N1CC(=O)NC(C2CC2)C1=O. The standard InChI is InChI=1S/C14H24N2O2/c1-4-14(5-2,6-3)16-9-11(17)15-12(13(16)18)10-7-8-10/h10,12H,4-9H2,1-3H3,(H,15,17). The molecule has 2 fully saturated rings. The molecule has 0 bridgehead atoms. The highest BCUT2D eigenvalue weighted by atomic mass is 16.2. The Balaban J connectivity index is 2.24. The van der Waals surface area contributed by atoms with E-state index in [0.717, 1.165) is 32.1 Å². The predicted octanol–water partition coefficient (Wildman–Crippen LogP) is 1.69. The van der Waals surface area contributed by atoms with Crippen LogP contribution in [0.4, 0.5) is 0 Å². The summed E-state index contributed by atoms with van der Waals surface area (Å²) in [5.74, 6) is 0.529. The lowest BCUT2D eigenvalue weighted by atomic mass is 9.86. The molecule has 0 aromatic heterocycles. The van der Waals surface area contributed by atoms with Crippen LogP contribution in [0.25, 0.3) is 0 Å². The number of carbonyl (C=O) groups excluding carboxylic acids is 2. The molecule has 1 saturated heterocycles. The van der Waals surface area contributed by atoms with Crippen molar-refractivity contribution in [3.05, 3.63) is 0 Å². The van der Waals surface area contributed by atoms with E-state index in [2.05, 4.69) is 26.1 Å². The van der Waals surface area contributed by atoms with E-state index >= 15 is 0 Å². The van der Waals surface area contributed by atoms with Crippen LogP contribution in [0.2, 0.25) is 0 Å². The zero-order valence-electron chi connectivity index (χ0n) is 11.7.